The summed E-state index contributed by atoms with van der Waals surface area (Å²) in [4.78, 5) is 27.1. The molecule has 3 N–H and O–H groups in total. The Kier molecular flexibility index (Phi) is 5.30. The number of hydrogen-bond donors (Lipinski definition) is 3. The summed E-state index contributed by atoms with van der Waals surface area (Å²) in [6, 6.07) is 7.34. The number of benzene rings is 1. The van der Waals surface area contributed by atoms with Crippen molar-refractivity contribution in [3.63, 3.8) is 0 Å². The first kappa shape index (κ1) is 16.5. The number of carbonyl (C=O) groups excluding carboxylic acids is 1. The van der Waals surface area contributed by atoms with Crippen LogP contribution in [0.25, 0.3) is 0 Å². The lowest BCUT2D eigenvalue weighted by Gasteiger charge is -2.07. The summed E-state index contributed by atoms with van der Waals surface area (Å²) in [6.45, 7) is 2.11. The number of hydrogen-bond acceptors (Lipinski definition) is 4. The molecule has 120 valence electrons. The number of nitrogens with zero attached hydrogens (tertiary/aromatic N) is 1. The lowest BCUT2D eigenvalue weighted by molar-refractivity contribution is 0.0693. The molecule has 1 aromatic carbocycles. The number of nitrogens with one attached hydrogen (secondary N) is 1. The van der Waals surface area contributed by atoms with Crippen LogP contribution in [-0.2, 0) is 6.42 Å². The summed E-state index contributed by atoms with van der Waals surface area (Å²) in [5.74, 6) is -2.06. The number of aromatic carboxylic acids is 1. The number of rotatable bonds is 6. The molecule has 23 heavy (non-hydrogen) atoms. The maximum absolute atomic E-state index is 12.1. The molecule has 0 atom stereocenters. The van der Waals surface area contributed by atoms with Crippen LogP contribution >= 0.6 is 0 Å². The predicted molar refractivity (Wildman–Crippen MR) is 85.9 cm³/mol. The number of unbranched alkanes of at least 4 members (excludes halogenated alkanes) is 1. The van der Waals surface area contributed by atoms with E-state index in [9.17, 15) is 14.7 Å². The highest BCUT2D eigenvalue weighted by Crippen LogP contribution is 2.22. The highest BCUT2D eigenvalue weighted by molar-refractivity contribution is 6.03. The third-order valence-electron chi connectivity index (χ3n) is 3.36. The first-order chi connectivity index (χ1) is 11.0. The van der Waals surface area contributed by atoms with Crippen molar-refractivity contribution >= 4 is 17.6 Å². The van der Waals surface area contributed by atoms with Gasteiger partial charge in [0, 0.05) is 18.0 Å². The van der Waals surface area contributed by atoms with Gasteiger partial charge in [0.2, 0.25) is 0 Å². The SMILES string of the molecule is CCCCc1ccc(C(=O)Nc2ccc(C(=O)O)c(O)c2)nc1. The second-order valence-electron chi connectivity index (χ2n) is 5.15. The molecule has 0 spiro atoms. The fourth-order valence-electron chi connectivity index (χ4n) is 2.07. The third-order valence-corrected chi connectivity index (χ3v) is 3.36. The van der Waals surface area contributed by atoms with Crippen LogP contribution in [0, 0.1) is 0 Å². The van der Waals surface area contributed by atoms with Crippen molar-refractivity contribution in [3.8, 4) is 5.75 Å². The molecule has 1 aromatic heterocycles. The molecule has 1 heterocycles. The molecular formula is C17H18N2O4. The molecular weight excluding hydrogens is 296 g/mol. The van der Waals surface area contributed by atoms with Gasteiger partial charge in [0.15, 0.2) is 0 Å². The number of carboxylic acid groups (broad SMARTS) is 1. The van der Waals surface area contributed by atoms with Crippen LogP contribution in [0.4, 0.5) is 5.69 Å². The molecule has 0 fully saturated rings. The van der Waals surface area contributed by atoms with Crippen LogP contribution in [0.15, 0.2) is 36.5 Å². The zero-order valence-corrected chi connectivity index (χ0v) is 12.7. The van der Waals surface area contributed by atoms with Gasteiger partial charge in [0.25, 0.3) is 5.91 Å². The van der Waals surface area contributed by atoms with E-state index in [4.69, 9.17) is 5.11 Å². The molecule has 0 saturated heterocycles. The molecule has 0 bridgehead atoms. The third kappa shape index (κ3) is 4.29. The van der Waals surface area contributed by atoms with Crippen molar-refractivity contribution in [2.24, 2.45) is 0 Å². The molecule has 0 radical (unpaired) electrons. The molecule has 2 aromatic rings. The van der Waals surface area contributed by atoms with Gasteiger partial charge >= 0.3 is 5.97 Å². The fraction of sp³-hybridized carbons (Fsp3) is 0.235. The quantitative estimate of drug-likeness (QED) is 0.761. The number of aromatic hydroxyl groups is 1. The summed E-state index contributed by atoms with van der Waals surface area (Å²) in [7, 11) is 0. The van der Waals surface area contributed by atoms with Crippen molar-refractivity contribution in [2.45, 2.75) is 26.2 Å². The van der Waals surface area contributed by atoms with Gasteiger partial charge in [-0.2, -0.15) is 0 Å². The highest BCUT2D eigenvalue weighted by atomic mass is 16.4. The highest BCUT2D eigenvalue weighted by Gasteiger charge is 2.12. The molecule has 6 heteroatoms. The maximum Gasteiger partial charge on any atom is 0.339 e. The Morgan fingerprint density at radius 3 is 2.57 bits per heavy atom. The summed E-state index contributed by atoms with van der Waals surface area (Å²) < 4.78 is 0. The topological polar surface area (TPSA) is 99.5 Å². The minimum atomic E-state index is -1.23. The van der Waals surface area contributed by atoms with Crippen LogP contribution in [-0.4, -0.2) is 27.1 Å². The molecule has 0 aliphatic rings. The normalized spacial score (nSPS) is 10.3. The van der Waals surface area contributed by atoms with E-state index < -0.39 is 17.6 Å². The molecule has 0 saturated carbocycles. The number of amides is 1. The Balaban J connectivity index is 2.06. The Labute approximate surface area is 133 Å². The monoisotopic (exact) mass is 314 g/mol. The molecule has 6 nitrogen and oxygen atoms in total. The summed E-state index contributed by atoms with van der Waals surface area (Å²) in [5.41, 5.74) is 1.41. The van der Waals surface area contributed by atoms with Crippen LogP contribution < -0.4 is 5.32 Å². The van der Waals surface area contributed by atoms with Gasteiger partial charge in [-0.1, -0.05) is 19.4 Å². The number of aromatic nitrogens is 1. The van der Waals surface area contributed by atoms with Gasteiger partial charge in [0.1, 0.15) is 17.0 Å². The lowest BCUT2D eigenvalue weighted by Crippen LogP contribution is -2.14. The van der Waals surface area contributed by atoms with Crippen molar-refractivity contribution < 1.29 is 19.8 Å². The van der Waals surface area contributed by atoms with Gasteiger partial charge in [-0.3, -0.25) is 9.78 Å². The number of phenols is 1. The van der Waals surface area contributed by atoms with E-state index >= 15 is 0 Å². The Morgan fingerprint density at radius 2 is 2.00 bits per heavy atom. The second kappa shape index (κ2) is 7.40. The van der Waals surface area contributed by atoms with E-state index in [-0.39, 0.29) is 11.3 Å². The molecule has 0 aliphatic carbocycles. The Hall–Kier alpha value is -2.89. The predicted octanol–water partition coefficient (Wildman–Crippen LogP) is 3.08. The van der Waals surface area contributed by atoms with Crippen LogP contribution in [0.3, 0.4) is 0 Å². The molecule has 2 rings (SSSR count). The first-order valence-electron chi connectivity index (χ1n) is 7.34. The number of carbonyl (C=O) groups is 2. The minimum absolute atomic E-state index is 0.221. The summed E-state index contributed by atoms with van der Waals surface area (Å²) in [5, 5.41) is 21.0. The van der Waals surface area contributed by atoms with Crippen molar-refractivity contribution in [1.29, 1.82) is 0 Å². The lowest BCUT2D eigenvalue weighted by atomic mass is 10.1. The number of anilines is 1. The zero-order chi connectivity index (χ0) is 16.8. The fourth-order valence-corrected chi connectivity index (χ4v) is 2.07. The van der Waals surface area contributed by atoms with Gasteiger partial charge in [-0.05, 0) is 36.6 Å². The van der Waals surface area contributed by atoms with Crippen molar-refractivity contribution in [2.75, 3.05) is 5.32 Å². The van der Waals surface area contributed by atoms with Crippen molar-refractivity contribution in [3.05, 3.63) is 53.3 Å². The van der Waals surface area contributed by atoms with E-state index in [1.54, 1.807) is 12.3 Å². The van der Waals surface area contributed by atoms with Gasteiger partial charge < -0.3 is 15.5 Å². The van der Waals surface area contributed by atoms with Gasteiger partial charge in [0.05, 0.1) is 0 Å². The average molecular weight is 314 g/mol. The Bertz CT molecular complexity index is 711. The minimum Gasteiger partial charge on any atom is -0.507 e. The number of carboxylic acids is 1. The van der Waals surface area contributed by atoms with Gasteiger partial charge in [-0.25, -0.2) is 4.79 Å². The standard InChI is InChI=1S/C17H18N2O4/c1-2-3-4-11-5-8-14(18-10-11)16(21)19-12-6-7-13(17(22)23)15(20)9-12/h5-10,20H,2-4H2,1H3,(H,19,21)(H,22,23). The molecule has 0 unspecified atom stereocenters. The van der Waals surface area contributed by atoms with Crippen molar-refractivity contribution in [1.82, 2.24) is 4.98 Å². The second-order valence-corrected chi connectivity index (χ2v) is 5.15. The average Bonchev–Trinajstić information content (AvgIpc) is 2.53. The largest absolute Gasteiger partial charge is 0.507 e. The van der Waals surface area contributed by atoms with E-state index in [0.29, 0.717) is 5.69 Å². The van der Waals surface area contributed by atoms with E-state index in [1.807, 2.05) is 6.07 Å². The zero-order valence-electron chi connectivity index (χ0n) is 12.7. The number of pyridine rings is 1. The van der Waals surface area contributed by atoms with Gasteiger partial charge in [-0.15, -0.1) is 0 Å². The maximum atomic E-state index is 12.1. The van der Waals surface area contributed by atoms with E-state index in [2.05, 4.69) is 17.2 Å². The molecule has 0 aliphatic heterocycles. The summed E-state index contributed by atoms with van der Waals surface area (Å²) in [6.07, 6.45) is 4.77. The van der Waals surface area contributed by atoms with Crippen LogP contribution in [0.1, 0.15) is 46.2 Å². The van der Waals surface area contributed by atoms with E-state index in [1.165, 1.54) is 18.2 Å². The van der Waals surface area contributed by atoms with E-state index in [0.717, 1.165) is 24.8 Å². The molecule has 1 amide bonds. The van der Waals surface area contributed by atoms with Crippen LogP contribution in [0.2, 0.25) is 0 Å². The first-order valence-corrected chi connectivity index (χ1v) is 7.34. The summed E-state index contributed by atoms with van der Waals surface area (Å²) >= 11 is 0. The smallest absolute Gasteiger partial charge is 0.339 e. The number of aryl methyl sites for hydroxylation is 1. The van der Waals surface area contributed by atoms with Crippen LogP contribution in [0.5, 0.6) is 5.75 Å². The Morgan fingerprint density at radius 1 is 1.22 bits per heavy atom.